The number of rotatable bonds is 2. The first kappa shape index (κ1) is 12.9. The van der Waals surface area contributed by atoms with E-state index in [2.05, 4.69) is 10.2 Å². The molecule has 3 heteroatoms. The van der Waals surface area contributed by atoms with Crippen LogP contribution >= 0.6 is 0 Å². The van der Waals surface area contributed by atoms with E-state index in [9.17, 15) is 0 Å². The zero-order valence-corrected chi connectivity index (χ0v) is 10.2. The predicted octanol–water partition coefficient (Wildman–Crippen LogP) is 1.22. The quantitative estimate of drug-likeness (QED) is 0.725. The van der Waals surface area contributed by atoms with E-state index in [1.54, 1.807) is 0 Å². The fraction of sp³-hybridized carbons (Fsp3) is 1.00. The van der Waals surface area contributed by atoms with Gasteiger partial charge in [0.1, 0.15) is 0 Å². The standard InChI is InChI=1S/C10H20N2O.C2H6/c13-8-7-12-6-5-11-9-3-1-2-4-10(9)12;1-2/h9-11,13H,1-8H2;1-2H3. The lowest BCUT2D eigenvalue weighted by atomic mass is 9.87. The number of fused-ring (bicyclic) bond motifs is 1. The summed E-state index contributed by atoms with van der Waals surface area (Å²) in [6.07, 6.45) is 5.39. The van der Waals surface area contributed by atoms with Gasteiger partial charge >= 0.3 is 0 Å². The number of piperazine rings is 1. The first-order valence-electron chi connectivity index (χ1n) is 6.50. The largest absolute Gasteiger partial charge is 0.395 e. The highest BCUT2D eigenvalue weighted by Crippen LogP contribution is 2.24. The number of aliphatic hydroxyl groups is 1. The van der Waals surface area contributed by atoms with Gasteiger partial charge in [-0.15, -0.1) is 0 Å². The Morgan fingerprint density at radius 3 is 2.73 bits per heavy atom. The minimum atomic E-state index is 0.309. The number of nitrogens with zero attached hydrogens (tertiary/aromatic N) is 1. The predicted molar refractivity (Wildman–Crippen MR) is 64.1 cm³/mol. The number of hydrogen-bond donors (Lipinski definition) is 2. The first-order chi connectivity index (χ1) is 7.42. The van der Waals surface area contributed by atoms with Crippen molar-refractivity contribution in [1.29, 1.82) is 0 Å². The Labute approximate surface area is 93.9 Å². The van der Waals surface area contributed by atoms with Crippen LogP contribution in [0.3, 0.4) is 0 Å². The SMILES string of the molecule is CC.OCCN1CCNC2CCCCC21. The lowest BCUT2D eigenvalue weighted by molar-refractivity contribution is 0.0709. The van der Waals surface area contributed by atoms with Gasteiger partial charge in [0.15, 0.2) is 0 Å². The monoisotopic (exact) mass is 214 g/mol. The summed E-state index contributed by atoms with van der Waals surface area (Å²) in [5.41, 5.74) is 0. The van der Waals surface area contributed by atoms with E-state index in [4.69, 9.17) is 5.11 Å². The van der Waals surface area contributed by atoms with Crippen molar-refractivity contribution in [3.05, 3.63) is 0 Å². The maximum Gasteiger partial charge on any atom is 0.0558 e. The van der Waals surface area contributed by atoms with Crippen molar-refractivity contribution in [2.75, 3.05) is 26.2 Å². The minimum absolute atomic E-state index is 0.309. The summed E-state index contributed by atoms with van der Waals surface area (Å²) in [6.45, 7) is 7.38. The molecule has 1 aliphatic heterocycles. The molecule has 0 radical (unpaired) electrons. The van der Waals surface area contributed by atoms with Crippen molar-refractivity contribution in [3.63, 3.8) is 0 Å². The van der Waals surface area contributed by atoms with Gasteiger partial charge in [-0.3, -0.25) is 4.90 Å². The molecule has 0 aromatic heterocycles. The van der Waals surface area contributed by atoms with Crippen molar-refractivity contribution in [2.45, 2.75) is 51.6 Å². The molecule has 0 aromatic carbocycles. The number of hydrogen-bond acceptors (Lipinski definition) is 3. The molecule has 90 valence electrons. The maximum atomic E-state index is 8.95. The van der Waals surface area contributed by atoms with Crippen LogP contribution in [0.2, 0.25) is 0 Å². The highest BCUT2D eigenvalue weighted by atomic mass is 16.3. The summed E-state index contributed by atoms with van der Waals surface area (Å²) in [4.78, 5) is 2.46. The zero-order chi connectivity index (χ0) is 11.1. The molecule has 1 heterocycles. The molecular weight excluding hydrogens is 188 g/mol. The van der Waals surface area contributed by atoms with Crippen LogP contribution in [0, 0.1) is 0 Å². The summed E-state index contributed by atoms with van der Waals surface area (Å²) in [7, 11) is 0. The summed E-state index contributed by atoms with van der Waals surface area (Å²) in [5.74, 6) is 0. The first-order valence-corrected chi connectivity index (χ1v) is 6.50. The van der Waals surface area contributed by atoms with Gasteiger partial charge in [-0.25, -0.2) is 0 Å². The average molecular weight is 214 g/mol. The van der Waals surface area contributed by atoms with Crippen molar-refractivity contribution >= 4 is 0 Å². The van der Waals surface area contributed by atoms with Gasteiger partial charge in [-0.2, -0.15) is 0 Å². The van der Waals surface area contributed by atoms with Crippen molar-refractivity contribution in [1.82, 2.24) is 10.2 Å². The molecule has 2 rings (SSSR count). The molecule has 3 nitrogen and oxygen atoms in total. The third kappa shape index (κ3) is 3.44. The topological polar surface area (TPSA) is 35.5 Å². The van der Waals surface area contributed by atoms with Crippen LogP contribution in [-0.2, 0) is 0 Å². The van der Waals surface area contributed by atoms with Crippen LogP contribution in [0.15, 0.2) is 0 Å². The van der Waals surface area contributed by atoms with Gasteiger partial charge in [0, 0.05) is 31.7 Å². The lowest BCUT2D eigenvalue weighted by Gasteiger charge is -2.44. The summed E-state index contributed by atoms with van der Waals surface area (Å²) in [5, 5.41) is 12.5. The molecule has 0 spiro atoms. The maximum absolute atomic E-state index is 8.95. The van der Waals surface area contributed by atoms with Crippen molar-refractivity contribution < 1.29 is 5.11 Å². The molecule has 15 heavy (non-hydrogen) atoms. The highest BCUT2D eigenvalue weighted by Gasteiger charge is 2.32. The van der Waals surface area contributed by atoms with Crippen LogP contribution < -0.4 is 5.32 Å². The normalized spacial score (nSPS) is 31.4. The van der Waals surface area contributed by atoms with E-state index in [1.165, 1.54) is 25.7 Å². The van der Waals surface area contributed by atoms with E-state index in [-0.39, 0.29) is 0 Å². The van der Waals surface area contributed by atoms with Gasteiger partial charge < -0.3 is 10.4 Å². The molecule has 1 saturated carbocycles. The van der Waals surface area contributed by atoms with Crippen LogP contribution in [0.25, 0.3) is 0 Å². The Morgan fingerprint density at radius 1 is 1.27 bits per heavy atom. The van der Waals surface area contributed by atoms with Crippen LogP contribution in [0.4, 0.5) is 0 Å². The Balaban J connectivity index is 0.000000531. The molecule has 2 atom stereocenters. The van der Waals surface area contributed by atoms with Gasteiger partial charge in [0.2, 0.25) is 0 Å². The van der Waals surface area contributed by atoms with Crippen molar-refractivity contribution in [3.8, 4) is 0 Å². The Hall–Kier alpha value is -0.120. The van der Waals surface area contributed by atoms with Crippen LogP contribution in [0.1, 0.15) is 39.5 Å². The van der Waals surface area contributed by atoms with Crippen LogP contribution in [-0.4, -0.2) is 48.3 Å². The van der Waals surface area contributed by atoms with Gasteiger partial charge in [0.25, 0.3) is 0 Å². The molecule has 2 unspecified atom stereocenters. The smallest absolute Gasteiger partial charge is 0.0558 e. The number of aliphatic hydroxyl groups excluding tert-OH is 1. The van der Waals surface area contributed by atoms with Crippen molar-refractivity contribution in [2.24, 2.45) is 0 Å². The fourth-order valence-electron chi connectivity index (χ4n) is 2.75. The van der Waals surface area contributed by atoms with Gasteiger partial charge in [-0.1, -0.05) is 26.7 Å². The van der Waals surface area contributed by atoms with E-state index in [1.807, 2.05) is 13.8 Å². The minimum Gasteiger partial charge on any atom is -0.395 e. The Kier molecular flexibility index (Phi) is 6.22. The second-order valence-electron chi connectivity index (χ2n) is 4.17. The number of nitrogens with one attached hydrogen (secondary N) is 1. The van der Waals surface area contributed by atoms with Gasteiger partial charge in [0.05, 0.1) is 6.61 Å². The lowest BCUT2D eigenvalue weighted by Crippen LogP contribution is -2.59. The van der Waals surface area contributed by atoms with E-state index < -0.39 is 0 Å². The molecular formula is C12H26N2O. The molecule has 2 fully saturated rings. The van der Waals surface area contributed by atoms with E-state index in [0.717, 1.165) is 19.6 Å². The molecule has 1 aliphatic carbocycles. The molecule has 0 aromatic rings. The second-order valence-corrected chi connectivity index (χ2v) is 4.17. The summed E-state index contributed by atoms with van der Waals surface area (Å²) < 4.78 is 0. The summed E-state index contributed by atoms with van der Waals surface area (Å²) in [6, 6.07) is 1.41. The molecule has 0 amide bonds. The van der Waals surface area contributed by atoms with Gasteiger partial charge in [-0.05, 0) is 12.8 Å². The zero-order valence-electron chi connectivity index (χ0n) is 10.2. The third-order valence-corrected chi connectivity index (χ3v) is 3.39. The average Bonchev–Trinajstić information content (AvgIpc) is 2.33. The van der Waals surface area contributed by atoms with Crippen LogP contribution in [0.5, 0.6) is 0 Å². The van der Waals surface area contributed by atoms with E-state index >= 15 is 0 Å². The Morgan fingerprint density at radius 2 is 2.00 bits per heavy atom. The fourth-order valence-corrected chi connectivity index (χ4v) is 2.75. The molecule has 1 saturated heterocycles. The van der Waals surface area contributed by atoms with E-state index in [0.29, 0.717) is 18.7 Å². The third-order valence-electron chi connectivity index (χ3n) is 3.39. The number of β-amino-alcohol motifs (C(OH)–C–C–N with tert-alkyl or cyclic N) is 1. The highest BCUT2D eigenvalue weighted by molar-refractivity contribution is 4.91. The Bertz CT molecular complexity index is 160. The molecule has 2 aliphatic rings. The summed E-state index contributed by atoms with van der Waals surface area (Å²) >= 11 is 0. The second kappa shape index (κ2) is 7.20. The molecule has 2 N–H and O–H groups in total. The molecule has 0 bridgehead atoms.